The molecular weight excluding hydrogens is 925 g/mol. The van der Waals surface area contributed by atoms with Crippen LogP contribution in [0.4, 0.5) is 10.5 Å². The van der Waals surface area contributed by atoms with Crippen molar-refractivity contribution >= 4 is 61.7 Å². The lowest BCUT2D eigenvalue weighted by molar-refractivity contribution is -0.118. The Balaban J connectivity index is 0.753. The van der Waals surface area contributed by atoms with Gasteiger partial charge in [0.15, 0.2) is 0 Å². The average Bonchev–Trinajstić information content (AvgIpc) is 4.24. The number of amides is 2. The number of imidazole rings is 3. The fourth-order valence-electron chi connectivity index (χ4n) is 9.49. The van der Waals surface area contributed by atoms with Gasteiger partial charge in [-0.25, -0.2) is 15.0 Å². The van der Waals surface area contributed by atoms with Gasteiger partial charge in [-0.3, -0.25) is 14.9 Å². The number of fused-ring (bicyclic) bond motifs is 3. The van der Waals surface area contributed by atoms with Gasteiger partial charge in [0, 0.05) is 57.0 Å². The van der Waals surface area contributed by atoms with E-state index in [0.29, 0.717) is 37.7 Å². The van der Waals surface area contributed by atoms with Gasteiger partial charge in [-0.1, -0.05) is 79.3 Å². The van der Waals surface area contributed by atoms with E-state index >= 15 is 0 Å². The van der Waals surface area contributed by atoms with E-state index in [0.717, 1.165) is 120 Å². The topological polar surface area (TPSA) is 176 Å². The quantitative estimate of drug-likeness (QED) is 0.0885. The first-order valence-corrected chi connectivity index (χ1v) is 24.9. The van der Waals surface area contributed by atoms with E-state index in [1.54, 1.807) is 0 Å². The summed E-state index contributed by atoms with van der Waals surface area (Å²) < 4.78 is 19.0. The minimum absolute atomic E-state index is 0.243. The van der Waals surface area contributed by atoms with Crippen LogP contribution in [-0.2, 0) is 44.9 Å². The van der Waals surface area contributed by atoms with Crippen LogP contribution in [-0.4, -0.2) is 85.9 Å². The molecule has 2 amide bonds. The predicted octanol–water partition coefficient (Wildman–Crippen LogP) is 9.62. The molecule has 4 aromatic heterocycles. The Morgan fingerprint density at radius 3 is 2.25 bits per heavy atom. The molecule has 2 N–H and O–H groups in total. The Bertz CT molecular complexity index is 3640. The number of anilines is 1. The van der Waals surface area contributed by atoms with Crippen molar-refractivity contribution in [2.75, 3.05) is 25.1 Å². The van der Waals surface area contributed by atoms with Crippen molar-refractivity contribution in [3.05, 3.63) is 150 Å². The summed E-state index contributed by atoms with van der Waals surface area (Å²) in [7, 11) is 6.14. The highest BCUT2D eigenvalue weighted by atomic mass is 32.2. The fourth-order valence-corrected chi connectivity index (χ4v) is 10.4. The van der Waals surface area contributed by atoms with Gasteiger partial charge in [0.2, 0.25) is 11.7 Å². The van der Waals surface area contributed by atoms with E-state index < -0.39 is 5.25 Å². The Morgan fingerprint density at radius 1 is 0.736 bits per heavy atom. The molecule has 6 aromatic carbocycles. The van der Waals surface area contributed by atoms with Gasteiger partial charge in [-0.15, -0.1) is 10.2 Å². The third kappa shape index (κ3) is 9.14. The fraction of sp³-hybridized carbons (Fsp3) is 0.236. The smallest absolute Gasteiger partial charge is 0.286 e. The highest BCUT2D eigenvalue weighted by molar-refractivity contribution is 8.15. The van der Waals surface area contributed by atoms with Crippen LogP contribution < -0.4 is 19.7 Å². The summed E-state index contributed by atoms with van der Waals surface area (Å²) in [5, 5.41) is 16.4. The number of H-pyrrole nitrogens is 1. The number of likely N-dealkylation sites (N-methyl/N-ethyl adjacent to an activating group) is 1. The van der Waals surface area contributed by atoms with Crippen molar-refractivity contribution in [1.82, 2.24) is 54.6 Å². The van der Waals surface area contributed by atoms with Crippen molar-refractivity contribution in [1.29, 1.82) is 0 Å². The van der Waals surface area contributed by atoms with Crippen LogP contribution in [0.15, 0.2) is 121 Å². The number of carbonyl (C=O) groups is 2. The van der Waals surface area contributed by atoms with Crippen molar-refractivity contribution in [2.24, 2.45) is 14.1 Å². The molecule has 0 aliphatic carbocycles. The number of aryl methyl sites for hydroxylation is 4. The van der Waals surface area contributed by atoms with Crippen LogP contribution in [0.25, 0.3) is 67.0 Å². The van der Waals surface area contributed by atoms with Crippen LogP contribution in [0.1, 0.15) is 41.7 Å². The molecule has 1 aliphatic rings. The second-order valence-electron chi connectivity index (χ2n) is 18.2. The van der Waals surface area contributed by atoms with Crippen molar-refractivity contribution < 1.29 is 19.1 Å². The van der Waals surface area contributed by atoms with Gasteiger partial charge in [0.05, 0.1) is 44.9 Å². The van der Waals surface area contributed by atoms with Gasteiger partial charge >= 0.3 is 0 Å². The van der Waals surface area contributed by atoms with Gasteiger partial charge in [-0.05, 0) is 107 Å². The summed E-state index contributed by atoms with van der Waals surface area (Å²) in [6, 6.07) is 41.2. The van der Waals surface area contributed by atoms with Crippen LogP contribution in [0, 0.1) is 6.92 Å². The van der Waals surface area contributed by atoms with Gasteiger partial charge in [0.25, 0.3) is 5.24 Å². The maximum absolute atomic E-state index is 12.0. The third-order valence-corrected chi connectivity index (χ3v) is 14.4. The zero-order valence-corrected chi connectivity index (χ0v) is 41.4. The summed E-state index contributed by atoms with van der Waals surface area (Å²) in [5.41, 5.74) is 14.3. The molecule has 0 bridgehead atoms. The molecule has 1 saturated heterocycles. The second kappa shape index (κ2) is 19.5. The minimum atomic E-state index is -0.405. The molecular formula is C55H52N12O4S. The highest BCUT2D eigenvalue weighted by Gasteiger charge is 2.31. The van der Waals surface area contributed by atoms with E-state index in [4.69, 9.17) is 24.4 Å². The number of benzene rings is 6. The van der Waals surface area contributed by atoms with Crippen LogP contribution >= 0.6 is 11.8 Å². The molecule has 10 aromatic rings. The largest absolute Gasteiger partial charge is 0.492 e. The van der Waals surface area contributed by atoms with Crippen LogP contribution in [0.3, 0.4) is 0 Å². The molecule has 5 heterocycles. The lowest BCUT2D eigenvalue weighted by Crippen LogP contribution is -2.25. The standard InChI is InChI=1S/C55H52N12O4S/c1-6-9-49-58-51-33(2)26-37(28-47(51)67(49)31-35-12-16-36(17-13-35)41-10-7-8-11-42(41)52-60-62-63-61-52)53-57-44-22-18-38(29-45(44)66(53)5)64(3)24-25-70-40-21-23-43-46(30-40)65(4)50(56-43)32-71-39-19-14-34(15-20-39)27-48-54(68)59-55(69)72-48/h7-8,10-23,26,28-30,48H,6,9,24-25,27,31-32H2,1-5H3,(H,59,68,69)(H,60,61,62,63). The number of nitrogens with zero attached hydrogens (tertiary/aromatic N) is 10. The van der Waals surface area contributed by atoms with Crippen molar-refractivity contribution in [3.8, 4) is 45.4 Å². The van der Waals surface area contributed by atoms with Gasteiger partial charge < -0.3 is 28.1 Å². The average molecular weight is 977 g/mol. The second-order valence-corrected chi connectivity index (χ2v) is 19.4. The number of thioether (sulfide) groups is 1. The molecule has 1 fully saturated rings. The number of aromatic amines is 1. The minimum Gasteiger partial charge on any atom is -0.492 e. The number of imide groups is 1. The summed E-state index contributed by atoms with van der Waals surface area (Å²) in [6.07, 6.45) is 2.34. The molecule has 16 nitrogen and oxygen atoms in total. The van der Waals surface area contributed by atoms with E-state index in [1.165, 1.54) is 5.56 Å². The van der Waals surface area contributed by atoms with Crippen molar-refractivity contribution in [2.45, 2.75) is 51.5 Å². The Morgan fingerprint density at radius 2 is 1.49 bits per heavy atom. The SMILES string of the molecule is CCCc1nc2c(C)cc(-c3nc4ccc(N(C)CCOc5ccc6nc(COc7ccc(CC8SC(=O)NC8=O)cc7)n(C)c6c5)cc4n3C)cc2n1Cc1ccc(-c2ccccc2-c2nn[nH]n2)cc1. The van der Waals surface area contributed by atoms with E-state index in [-0.39, 0.29) is 17.8 Å². The third-order valence-electron chi connectivity index (χ3n) is 13.4. The number of carbonyl (C=O) groups excluding carboxylic acids is 2. The summed E-state index contributed by atoms with van der Waals surface area (Å²) >= 11 is 1.03. The van der Waals surface area contributed by atoms with Crippen LogP contribution in [0.5, 0.6) is 11.5 Å². The number of rotatable bonds is 17. The summed E-state index contributed by atoms with van der Waals surface area (Å²) in [6.45, 7) is 6.46. The first-order valence-electron chi connectivity index (χ1n) is 24.0. The maximum Gasteiger partial charge on any atom is 0.286 e. The lowest BCUT2D eigenvalue weighted by Gasteiger charge is -2.19. The Hall–Kier alpha value is -8.31. The number of tetrazole rings is 1. The van der Waals surface area contributed by atoms with Gasteiger partial charge in [0.1, 0.15) is 42.2 Å². The number of hydrogen-bond acceptors (Lipinski definition) is 12. The van der Waals surface area contributed by atoms with Crippen molar-refractivity contribution in [3.63, 3.8) is 0 Å². The number of ether oxygens (including phenoxy) is 2. The zero-order valence-electron chi connectivity index (χ0n) is 40.6. The predicted molar refractivity (Wildman–Crippen MR) is 281 cm³/mol. The maximum atomic E-state index is 12.0. The molecule has 362 valence electrons. The molecule has 1 atom stereocenters. The molecule has 11 rings (SSSR count). The molecule has 17 heteroatoms. The van der Waals surface area contributed by atoms with Gasteiger partial charge in [-0.2, -0.15) is 5.21 Å². The Labute approximate surface area is 419 Å². The summed E-state index contributed by atoms with van der Waals surface area (Å²) in [5.74, 6) is 4.53. The number of hydrogen-bond donors (Lipinski definition) is 2. The molecule has 72 heavy (non-hydrogen) atoms. The molecule has 1 unspecified atom stereocenters. The zero-order chi connectivity index (χ0) is 49.5. The van der Waals surface area contributed by atoms with E-state index in [1.807, 2.05) is 72.3 Å². The highest BCUT2D eigenvalue weighted by Crippen LogP contribution is 2.34. The molecule has 0 radical (unpaired) electrons. The van der Waals surface area contributed by atoms with Crippen LogP contribution in [0.2, 0.25) is 0 Å². The normalized spacial score (nSPS) is 13.7. The molecule has 0 saturated carbocycles. The first kappa shape index (κ1) is 46.1. The van der Waals surface area contributed by atoms with E-state index in [9.17, 15) is 9.59 Å². The first-order chi connectivity index (χ1) is 35.1. The number of nitrogens with one attached hydrogen (secondary N) is 2. The number of aromatic nitrogens is 10. The lowest BCUT2D eigenvalue weighted by atomic mass is 9.98. The van der Waals surface area contributed by atoms with E-state index in [2.05, 4.69) is 129 Å². The molecule has 0 spiro atoms. The summed E-state index contributed by atoms with van der Waals surface area (Å²) in [4.78, 5) is 40.9. The Kier molecular flexibility index (Phi) is 12.5. The monoisotopic (exact) mass is 976 g/mol. The molecule has 1 aliphatic heterocycles.